The second-order valence-corrected chi connectivity index (χ2v) is 8.59. The second-order valence-electron chi connectivity index (χ2n) is 8.59. The van der Waals surface area contributed by atoms with Crippen LogP contribution in [-0.2, 0) is 4.74 Å². The third-order valence-corrected chi connectivity index (χ3v) is 5.37. The summed E-state index contributed by atoms with van der Waals surface area (Å²) in [5.74, 6) is 1.33. The van der Waals surface area contributed by atoms with E-state index in [1.54, 1.807) is 0 Å². The lowest BCUT2D eigenvalue weighted by molar-refractivity contribution is -0.0796. The minimum Gasteiger partial charge on any atom is -0.368 e. The van der Waals surface area contributed by atoms with Crippen LogP contribution < -0.4 is 5.32 Å². The van der Waals surface area contributed by atoms with E-state index in [1.165, 1.54) is 32.4 Å². The molecule has 2 fully saturated rings. The molecule has 3 heteroatoms. The van der Waals surface area contributed by atoms with Crippen LogP contribution >= 0.6 is 0 Å². The molecule has 1 saturated heterocycles. The van der Waals surface area contributed by atoms with E-state index >= 15 is 0 Å². The molecule has 21 heavy (non-hydrogen) atoms. The molecule has 1 heterocycles. The van der Waals surface area contributed by atoms with Gasteiger partial charge in [-0.25, -0.2) is 0 Å². The Labute approximate surface area is 131 Å². The van der Waals surface area contributed by atoms with Gasteiger partial charge in [0.05, 0.1) is 11.2 Å². The SMILES string of the molecule is CNC1C(CN(CCC(C)C)C2CC2)C(C)(C)OC1(C)C. The molecule has 0 spiro atoms. The van der Waals surface area contributed by atoms with Crippen LogP contribution in [-0.4, -0.2) is 48.3 Å². The minimum atomic E-state index is -0.0871. The fraction of sp³-hybridized carbons (Fsp3) is 1.00. The van der Waals surface area contributed by atoms with Crippen molar-refractivity contribution in [2.24, 2.45) is 11.8 Å². The molecule has 2 rings (SSSR count). The normalized spacial score (nSPS) is 31.3. The molecule has 3 nitrogen and oxygen atoms in total. The molecule has 1 aliphatic heterocycles. The molecule has 0 aromatic rings. The van der Waals surface area contributed by atoms with E-state index in [-0.39, 0.29) is 11.2 Å². The van der Waals surface area contributed by atoms with Crippen molar-refractivity contribution in [2.45, 2.75) is 84.1 Å². The van der Waals surface area contributed by atoms with E-state index in [4.69, 9.17) is 4.74 Å². The Balaban J connectivity index is 2.06. The van der Waals surface area contributed by atoms with E-state index in [0.717, 1.165) is 12.0 Å². The smallest absolute Gasteiger partial charge is 0.0790 e. The average molecular weight is 296 g/mol. The Morgan fingerprint density at radius 3 is 2.24 bits per heavy atom. The summed E-state index contributed by atoms with van der Waals surface area (Å²) < 4.78 is 6.39. The molecule has 0 aromatic heterocycles. The van der Waals surface area contributed by atoms with Crippen LogP contribution in [0.2, 0.25) is 0 Å². The van der Waals surface area contributed by atoms with Crippen LogP contribution in [0.25, 0.3) is 0 Å². The summed E-state index contributed by atoms with van der Waals surface area (Å²) >= 11 is 0. The molecule has 0 radical (unpaired) electrons. The fourth-order valence-electron chi connectivity index (χ4n) is 4.12. The van der Waals surface area contributed by atoms with E-state index in [2.05, 4.69) is 58.8 Å². The highest BCUT2D eigenvalue weighted by Gasteiger charge is 2.53. The molecule has 0 bridgehead atoms. The molecule has 1 N–H and O–H groups in total. The van der Waals surface area contributed by atoms with Gasteiger partial charge < -0.3 is 10.1 Å². The van der Waals surface area contributed by atoms with E-state index < -0.39 is 0 Å². The summed E-state index contributed by atoms with van der Waals surface area (Å²) in [5, 5.41) is 3.54. The Morgan fingerprint density at radius 2 is 1.76 bits per heavy atom. The third kappa shape index (κ3) is 4.00. The predicted molar refractivity (Wildman–Crippen MR) is 89.6 cm³/mol. The molecule has 2 unspecified atom stereocenters. The number of likely N-dealkylation sites (N-methyl/N-ethyl adjacent to an activating group) is 1. The van der Waals surface area contributed by atoms with Gasteiger partial charge in [-0.3, -0.25) is 4.90 Å². The molecule has 0 aromatic carbocycles. The van der Waals surface area contributed by atoms with Gasteiger partial charge >= 0.3 is 0 Å². The molecule has 0 amide bonds. The number of nitrogens with one attached hydrogen (secondary N) is 1. The van der Waals surface area contributed by atoms with Gasteiger partial charge in [0, 0.05) is 24.5 Å². The zero-order valence-electron chi connectivity index (χ0n) is 15.2. The molecular formula is C18H36N2O. The summed E-state index contributed by atoms with van der Waals surface area (Å²) in [4.78, 5) is 2.74. The van der Waals surface area contributed by atoms with Crippen LogP contribution in [0.15, 0.2) is 0 Å². The molecule has 2 atom stereocenters. The number of rotatable bonds is 7. The van der Waals surface area contributed by atoms with Gasteiger partial charge in [0.15, 0.2) is 0 Å². The number of hydrogen-bond donors (Lipinski definition) is 1. The predicted octanol–water partition coefficient (Wildman–Crippen LogP) is 3.29. The zero-order valence-corrected chi connectivity index (χ0v) is 15.2. The maximum Gasteiger partial charge on any atom is 0.0790 e. The number of ether oxygens (including phenoxy) is 1. The van der Waals surface area contributed by atoms with Crippen molar-refractivity contribution in [1.29, 1.82) is 0 Å². The molecule has 2 aliphatic rings. The molecule has 124 valence electrons. The minimum absolute atomic E-state index is 0.0534. The van der Waals surface area contributed by atoms with Crippen molar-refractivity contribution in [2.75, 3.05) is 20.1 Å². The van der Waals surface area contributed by atoms with Crippen LogP contribution in [0.3, 0.4) is 0 Å². The largest absolute Gasteiger partial charge is 0.368 e. The third-order valence-electron chi connectivity index (χ3n) is 5.37. The molecular weight excluding hydrogens is 260 g/mol. The number of nitrogens with zero attached hydrogens (tertiary/aromatic N) is 1. The fourth-order valence-corrected chi connectivity index (χ4v) is 4.12. The first kappa shape index (κ1) is 17.2. The van der Waals surface area contributed by atoms with Crippen molar-refractivity contribution >= 4 is 0 Å². The highest BCUT2D eigenvalue weighted by Crippen LogP contribution is 2.43. The topological polar surface area (TPSA) is 24.5 Å². The summed E-state index contributed by atoms with van der Waals surface area (Å²) in [6, 6.07) is 1.26. The first-order chi connectivity index (χ1) is 9.67. The Kier molecular flexibility index (Phi) is 5.07. The van der Waals surface area contributed by atoms with Gasteiger partial charge in [0.2, 0.25) is 0 Å². The lowest BCUT2D eigenvalue weighted by atomic mass is 9.82. The maximum absolute atomic E-state index is 6.39. The Morgan fingerprint density at radius 1 is 1.14 bits per heavy atom. The van der Waals surface area contributed by atoms with Crippen molar-refractivity contribution in [3.63, 3.8) is 0 Å². The van der Waals surface area contributed by atoms with Crippen molar-refractivity contribution < 1.29 is 4.74 Å². The Hall–Kier alpha value is -0.120. The van der Waals surface area contributed by atoms with Gasteiger partial charge in [-0.15, -0.1) is 0 Å². The monoisotopic (exact) mass is 296 g/mol. The second kappa shape index (κ2) is 6.17. The lowest BCUT2D eigenvalue weighted by Crippen LogP contribution is -2.50. The zero-order chi connectivity index (χ0) is 15.8. The molecule has 1 saturated carbocycles. The van der Waals surface area contributed by atoms with Crippen LogP contribution in [0.1, 0.15) is 60.8 Å². The summed E-state index contributed by atoms with van der Waals surface area (Å²) in [5.41, 5.74) is -0.141. The standard InChI is InChI=1S/C18H36N2O/c1-13(2)10-11-20(14-8-9-14)12-15-16(19-7)18(5,6)21-17(15,3)4/h13-16,19H,8-12H2,1-7H3. The van der Waals surface area contributed by atoms with Gasteiger partial charge in [-0.2, -0.15) is 0 Å². The lowest BCUT2D eigenvalue weighted by Gasteiger charge is -2.34. The van der Waals surface area contributed by atoms with Gasteiger partial charge in [0.1, 0.15) is 0 Å². The summed E-state index contributed by atoms with van der Waals surface area (Å²) in [6.45, 7) is 16.1. The first-order valence-electron chi connectivity index (χ1n) is 8.79. The van der Waals surface area contributed by atoms with Crippen molar-refractivity contribution in [3.8, 4) is 0 Å². The van der Waals surface area contributed by atoms with E-state index in [0.29, 0.717) is 12.0 Å². The summed E-state index contributed by atoms with van der Waals surface area (Å²) in [6.07, 6.45) is 4.08. The van der Waals surface area contributed by atoms with Gasteiger partial charge in [-0.1, -0.05) is 13.8 Å². The van der Waals surface area contributed by atoms with E-state index in [9.17, 15) is 0 Å². The van der Waals surface area contributed by atoms with Crippen LogP contribution in [0, 0.1) is 11.8 Å². The van der Waals surface area contributed by atoms with Crippen molar-refractivity contribution in [3.05, 3.63) is 0 Å². The first-order valence-corrected chi connectivity index (χ1v) is 8.79. The maximum atomic E-state index is 6.39. The average Bonchev–Trinajstić information content (AvgIpc) is 3.12. The number of hydrogen-bond acceptors (Lipinski definition) is 3. The molecule has 1 aliphatic carbocycles. The van der Waals surface area contributed by atoms with Crippen molar-refractivity contribution in [1.82, 2.24) is 10.2 Å². The van der Waals surface area contributed by atoms with E-state index in [1.807, 2.05) is 0 Å². The van der Waals surface area contributed by atoms with Gasteiger partial charge in [-0.05, 0) is 66.5 Å². The van der Waals surface area contributed by atoms with Crippen LogP contribution in [0.5, 0.6) is 0 Å². The highest BCUT2D eigenvalue weighted by atomic mass is 16.5. The van der Waals surface area contributed by atoms with Gasteiger partial charge in [0.25, 0.3) is 0 Å². The highest BCUT2D eigenvalue weighted by molar-refractivity contribution is 5.06. The Bertz CT molecular complexity index is 347. The summed E-state index contributed by atoms with van der Waals surface area (Å²) in [7, 11) is 2.08. The quantitative estimate of drug-likeness (QED) is 0.780. The van der Waals surface area contributed by atoms with Crippen LogP contribution in [0.4, 0.5) is 0 Å².